The zero-order valence-electron chi connectivity index (χ0n) is 19.8. The summed E-state index contributed by atoms with van der Waals surface area (Å²) >= 11 is 0. The summed E-state index contributed by atoms with van der Waals surface area (Å²) < 4.78 is 32.8. The molecule has 0 bridgehead atoms. The first-order chi connectivity index (χ1) is 15.3. The number of allylic oxidation sites excluding steroid dienone is 1. The predicted molar refractivity (Wildman–Crippen MR) is 120 cm³/mol. The highest BCUT2D eigenvalue weighted by molar-refractivity contribution is 6.82. The maximum Gasteiger partial charge on any atom is 0.443 e. The maximum absolute atomic E-state index is 8.12. The molecule has 0 radical (unpaired) electrons. The van der Waals surface area contributed by atoms with Gasteiger partial charge in [-0.15, -0.1) is 0 Å². The van der Waals surface area contributed by atoms with Crippen molar-refractivity contribution in [3.63, 3.8) is 0 Å². The quantitative estimate of drug-likeness (QED) is 0.390. The molecule has 1 aliphatic heterocycles. The highest BCUT2D eigenvalue weighted by atomic mass is 16.3. The lowest BCUT2D eigenvalue weighted by molar-refractivity contribution is -0.653. The number of furan rings is 1. The molecule has 4 heteroatoms. The predicted octanol–water partition coefficient (Wildman–Crippen LogP) is 3.64. The third-order valence-electron chi connectivity index (χ3n) is 5.76. The van der Waals surface area contributed by atoms with E-state index in [0.29, 0.717) is 22.4 Å². The molecule has 0 amide bonds. The van der Waals surface area contributed by atoms with Gasteiger partial charge >= 0.3 is 6.85 Å². The van der Waals surface area contributed by atoms with Gasteiger partial charge in [0.15, 0.2) is 11.8 Å². The zero-order valence-corrected chi connectivity index (χ0v) is 16.8. The van der Waals surface area contributed by atoms with Crippen LogP contribution in [-0.2, 0) is 7.05 Å². The summed E-state index contributed by atoms with van der Waals surface area (Å²) in [5, 5.41) is 0.836. The number of para-hydroxylation sites is 1. The second-order valence-electron chi connectivity index (χ2n) is 7.72. The molecule has 0 N–H and O–H groups in total. The minimum absolute atomic E-state index is 0.239. The van der Waals surface area contributed by atoms with Crippen LogP contribution in [0.1, 0.15) is 22.1 Å². The molecule has 2 aromatic carbocycles. The summed E-state index contributed by atoms with van der Waals surface area (Å²) in [5.74, 6) is 0. The van der Waals surface area contributed by atoms with E-state index in [0.717, 1.165) is 22.1 Å². The summed E-state index contributed by atoms with van der Waals surface area (Å²) in [4.78, 5) is 1.95. The molecule has 142 valence electrons. The van der Waals surface area contributed by atoms with Crippen LogP contribution in [0.25, 0.3) is 27.7 Å². The molecule has 0 aliphatic carbocycles. The lowest BCUT2D eigenvalue weighted by atomic mass is 9.51. The molecule has 0 spiro atoms. The van der Waals surface area contributed by atoms with Gasteiger partial charge in [-0.3, -0.25) is 0 Å². The molecule has 1 aliphatic rings. The lowest BCUT2D eigenvalue weighted by Crippen LogP contribution is -2.65. The minimum Gasteiger partial charge on any atom is -0.467 e. The lowest BCUT2D eigenvalue weighted by Gasteiger charge is -2.26. The number of hydrogen-bond donors (Lipinski definition) is 0. The third-order valence-corrected chi connectivity index (χ3v) is 5.76. The maximum atomic E-state index is 8.12. The first kappa shape index (κ1) is 14.7. The summed E-state index contributed by atoms with van der Waals surface area (Å²) in [6, 6.07) is 20.1. The van der Waals surface area contributed by atoms with Crippen molar-refractivity contribution in [2.45, 2.75) is 13.8 Å². The van der Waals surface area contributed by atoms with Gasteiger partial charge in [-0.05, 0) is 49.8 Å². The number of pyridine rings is 1. The Morgan fingerprint density at radius 1 is 1.07 bits per heavy atom. The van der Waals surface area contributed by atoms with E-state index in [4.69, 9.17) is 8.53 Å². The van der Waals surface area contributed by atoms with Crippen LogP contribution < -0.4 is 15.8 Å². The molecule has 29 heavy (non-hydrogen) atoms. The number of aromatic nitrogens is 1. The van der Waals surface area contributed by atoms with E-state index in [1.807, 2.05) is 61.4 Å². The number of rotatable bonds is 2. The molecular formula is C25H24BN2O+. The summed E-state index contributed by atoms with van der Waals surface area (Å²) in [6.07, 6.45) is 3.89. The Hall–Kier alpha value is -3.27. The number of benzene rings is 2. The van der Waals surface area contributed by atoms with E-state index in [9.17, 15) is 0 Å². The van der Waals surface area contributed by atoms with Crippen LogP contribution in [-0.4, -0.2) is 18.7 Å². The molecule has 0 saturated carbocycles. The molecule has 3 nitrogen and oxygen atoms in total. The first-order valence-corrected chi connectivity index (χ1v) is 9.77. The van der Waals surface area contributed by atoms with Gasteiger partial charge in [0, 0.05) is 26.7 Å². The van der Waals surface area contributed by atoms with Crippen LogP contribution in [0.5, 0.6) is 0 Å². The summed E-state index contributed by atoms with van der Waals surface area (Å²) in [7, 11) is 3.94. The van der Waals surface area contributed by atoms with E-state index in [1.165, 1.54) is 5.56 Å². The van der Waals surface area contributed by atoms with Gasteiger partial charge in [0.2, 0.25) is 0 Å². The van der Waals surface area contributed by atoms with Crippen molar-refractivity contribution in [1.29, 1.82) is 0 Å². The standard InChI is InChI=1S/C25H24BN2O/c1-17-14-23(27(3)16-21(17)19-10-6-5-7-11-19)26-25-24(18(2)15-28(26)4)20-12-8-9-13-22(20)29-25/h5-16H,1-4H3/q+1/i2D3. The largest absolute Gasteiger partial charge is 0.467 e. The van der Waals surface area contributed by atoms with E-state index in [-0.39, 0.29) is 6.85 Å². The molecule has 3 heterocycles. The average Bonchev–Trinajstić information content (AvgIpc) is 3.14. The first-order valence-electron chi connectivity index (χ1n) is 11.3. The van der Waals surface area contributed by atoms with Crippen molar-refractivity contribution in [1.82, 2.24) is 4.81 Å². The molecule has 0 saturated heterocycles. The van der Waals surface area contributed by atoms with Gasteiger partial charge < -0.3 is 9.23 Å². The van der Waals surface area contributed by atoms with Crippen molar-refractivity contribution < 1.29 is 13.1 Å². The van der Waals surface area contributed by atoms with E-state index >= 15 is 0 Å². The van der Waals surface area contributed by atoms with Gasteiger partial charge in [-0.1, -0.05) is 48.5 Å². The van der Waals surface area contributed by atoms with Crippen LogP contribution in [0.15, 0.2) is 77.5 Å². The Kier molecular flexibility index (Phi) is 3.38. The van der Waals surface area contributed by atoms with Crippen LogP contribution in [0.2, 0.25) is 0 Å². The highest BCUT2D eigenvalue weighted by Crippen LogP contribution is 2.29. The van der Waals surface area contributed by atoms with E-state index in [1.54, 1.807) is 6.20 Å². The van der Waals surface area contributed by atoms with E-state index < -0.39 is 6.85 Å². The normalized spacial score (nSPS) is 15.6. The van der Waals surface area contributed by atoms with Crippen LogP contribution in [0.4, 0.5) is 0 Å². The Balaban J connectivity index is 1.72. The number of aryl methyl sites for hydroxylation is 2. The second-order valence-corrected chi connectivity index (χ2v) is 7.72. The molecule has 0 atom stereocenters. The van der Waals surface area contributed by atoms with Gasteiger partial charge in [-0.2, -0.15) is 0 Å². The Labute approximate surface area is 176 Å². The monoisotopic (exact) mass is 382 g/mol. The van der Waals surface area contributed by atoms with Crippen LogP contribution in [0, 0.1) is 6.92 Å². The van der Waals surface area contributed by atoms with Crippen molar-refractivity contribution in [3.05, 3.63) is 84.2 Å². The average molecular weight is 382 g/mol. The minimum atomic E-state index is -2.24. The van der Waals surface area contributed by atoms with Gasteiger partial charge in [0.1, 0.15) is 18.3 Å². The van der Waals surface area contributed by atoms with Gasteiger partial charge in [-0.25, -0.2) is 4.57 Å². The Morgan fingerprint density at radius 3 is 2.62 bits per heavy atom. The fraction of sp³-hybridized carbons (Fsp3) is 0.160. The van der Waals surface area contributed by atoms with E-state index in [2.05, 4.69) is 35.9 Å². The molecular weight excluding hydrogens is 355 g/mol. The summed E-state index contributed by atoms with van der Waals surface area (Å²) in [5.41, 5.74) is 6.90. The zero-order chi connectivity index (χ0) is 22.6. The van der Waals surface area contributed by atoms with Crippen LogP contribution in [0.3, 0.4) is 0 Å². The SMILES string of the molecule is [2H]C([2H])([2H])C1=CN(C)B(c2cc(C)c(-c3ccccc3)c[n+]2C)c2oc3ccccc3c21. The Bertz CT molecular complexity index is 1360. The van der Waals surface area contributed by atoms with Gasteiger partial charge in [0.25, 0.3) is 0 Å². The number of nitrogens with zero attached hydrogens (tertiary/aromatic N) is 2. The fourth-order valence-electron chi connectivity index (χ4n) is 4.37. The molecule has 0 unspecified atom stereocenters. The van der Waals surface area contributed by atoms with Crippen molar-refractivity contribution >= 4 is 34.6 Å². The Morgan fingerprint density at radius 2 is 1.83 bits per heavy atom. The molecule has 0 fully saturated rings. The number of fused-ring (bicyclic) bond motifs is 3. The molecule has 4 aromatic rings. The smallest absolute Gasteiger partial charge is 0.443 e. The van der Waals surface area contributed by atoms with Gasteiger partial charge in [0.05, 0.1) is 0 Å². The van der Waals surface area contributed by atoms with Crippen molar-refractivity contribution in [2.75, 3.05) is 7.05 Å². The second kappa shape index (κ2) is 6.66. The van der Waals surface area contributed by atoms with Crippen molar-refractivity contribution in [2.24, 2.45) is 7.05 Å². The third kappa shape index (κ3) is 2.79. The highest BCUT2D eigenvalue weighted by Gasteiger charge is 2.41. The van der Waals surface area contributed by atoms with Crippen molar-refractivity contribution in [3.8, 4) is 11.1 Å². The topological polar surface area (TPSA) is 20.3 Å². The molecule has 2 aromatic heterocycles. The summed E-state index contributed by atoms with van der Waals surface area (Å²) in [6.45, 7) is -0.370. The van der Waals surface area contributed by atoms with Crippen LogP contribution >= 0.6 is 0 Å². The molecule has 5 rings (SSSR count). The fourth-order valence-corrected chi connectivity index (χ4v) is 4.37. The number of hydrogen-bond acceptors (Lipinski definition) is 2.